The van der Waals surface area contributed by atoms with E-state index in [0.29, 0.717) is 0 Å². The van der Waals surface area contributed by atoms with E-state index in [-0.39, 0.29) is 0 Å². The fourth-order valence-electron chi connectivity index (χ4n) is 2.04. The minimum atomic E-state index is 0.854. The lowest BCUT2D eigenvalue weighted by molar-refractivity contribution is 0.248. The molecule has 11 heavy (non-hydrogen) atoms. The van der Waals surface area contributed by atoms with Crippen molar-refractivity contribution < 1.29 is 0 Å². The highest BCUT2D eigenvalue weighted by Gasteiger charge is 2.17. The lowest BCUT2D eigenvalue weighted by Gasteiger charge is -2.24. The first-order chi connectivity index (χ1) is 5.20. The molecule has 0 aliphatic heterocycles. The van der Waals surface area contributed by atoms with E-state index in [4.69, 9.17) is 0 Å². The normalized spacial score (nSPS) is 33.8. The third-order valence-electron chi connectivity index (χ3n) is 2.89. The van der Waals surface area contributed by atoms with Crippen molar-refractivity contribution in [3.63, 3.8) is 0 Å². The molecule has 0 aromatic carbocycles. The maximum atomic E-state index is 2.39. The zero-order valence-corrected chi connectivity index (χ0v) is 8.14. The molecule has 0 aromatic rings. The molecular weight excluding hydrogens is 134 g/mol. The summed E-state index contributed by atoms with van der Waals surface area (Å²) in [4.78, 5) is 2.39. The van der Waals surface area contributed by atoms with E-state index in [9.17, 15) is 0 Å². The molecule has 66 valence electrons. The van der Waals surface area contributed by atoms with Crippen LogP contribution in [0.15, 0.2) is 0 Å². The molecule has 0 aromatic heterocycles. The lowest BCUT2D eigenvalue weighted by Crippen LogP contribution is -2.28. The van der Waals surface area contributed by atoms with Crippen LogP contribution in [0, 0.1) is 5.92 Å². The Balaban J connectivity index is 2.39. The minimum absolute atomic E-state index is 0.854. The van der Waals surface area contributed by atoms with E-state index in [1.54, 1.807) is 0 Å². The van der Waals surface area contributed by atoms with Crippen LogP contribution in [-0.2, 0) is 0 Å². The molecule has 0 amide bonds. The summed E-state index contributed by atoms with van der Waals surface area (Å²) < 4.78 is 0. The Morgan fingerprint density at radius 1 is 1.09 bits per heavy atom. The molecule has 1 fully saturated rings. The molecular formula is C10H21N. The van der Waals surface area contributed by atoms with Crippen LogP contribution >= 0.6 is 0 Å². The summed E-state index contributed by atoms with van der Waals surface area (Å²) in [6.07, 6.45) is 7.16. The standard InChI is InChI=1S/C10H21N/c1-9-6-4-5-7-10(8-9)11(2)3/h9-10H,4-8H2,1-3H3. The van der Waals surface area contributed by atoms with Gasteiger partial charge < -0.3 is 4.90 Å². The lowest BCUT2D eigenvalue weighted by atomic mass is 10.00. The van der Waals surface area contributed by atoms with Crippen molar-refractivity contribution in [1.82, 2.24) is 4.90 Å². The molecule has 2 unspecified atom stereocenters. The van der Waals surface area contributed by atoms with Crippen molar-refractivity contribution in [2.75, 3.05) is 14.1 Å². The van der Waals surface area contributed by atoms with Crippen molar-refractivity contribution in [3.05, 3.63) is 0 Å². The average Bonchev–Trinajstić information content (AvgIpc) is 2.13. The third-order valence-corrected chi connectivity index (χ3v) is 2.89. The van der Waals surface area contributed by atoms with Crippen LogP contribution in [0.4, 0.5) is 0 Å². The molecule has 1 aliphatic carbocycles. The Kier molecular flexibility index (Phi) is 3.38. The van der Waals surface area contributed by atoms with Crippen LogP contribution < -0.4 is 0 Å². The van der Waals surface area contributed by atoms with Gasteiger partial charge in [0.1, 0.15) is 0 Å². The van der Waals surface area contributed by atoms with Gasteiger partial charge in [-0.05, 0) is 32.9 Å². The first kappa shape index (κ1) is 9.05. The summed E-state index contributed by atoms with van der Waals surface area (Å²) in [6, 6.07) is 0.854. The molecule has 0 bridgehead atoms. The zero-order valence-electron chi connectivity index (χ0n) is 8.14. The molecule has 1 rings (SSSR count). The van der Waals surface area contributed by atoms with Crippen LogP contribution in [0.3, 0.4) is 0 Å². The van der Waals surface area contributed by atoms with Crippen molar-refractivity contribution >= 4 is 0 Å². The van der Waals surface area contributed by atoms with Crippen molar-refractivity contribution in [2.45, 2.75) is 45.1 Å². The van der Waals surface area contributed by atoms with E-state index >= 15 is 0 Å². The molecule has 1 aliphatic rings. The average molecular weight is 155 g/mol. The summed E-state index contributed by atoms with van der Waals surface area (Å²) in [5.74, 6) is 0.949. The number of hydrogen-bond donors (Lipinski definition) is 0. The summed E-state index contributed by atoms with van der Waals surface area (Å²) >= 11 is 0. The Bertz CT molecular complexity index is 109. The second kappa shape index (κ2) is 4.10. The highest BCUT2D eigenvalue weighted by molar-refractivity contribution is 4.73. The predicted octanol–water partition coefficient (Wildman–Crippen LogP) is 2.52. The van der Waals surface area contributed by atoms with Gasteiger partial charge in [-0.1, -0.05) is 26.2 Å². The fourth-order valence-corrected chi connectivity index (χ4v) is 2.04. The fraction of sp³-hybridized carbons (Fsp3) is 1.00. The Labute approximate surface area is 70.8 Å². The first-order valence-corrected chi connectivity index (χ1v) is 4.86. The third kappa shape index (κ3) is 2.82. The van der Waals surface area contributed by atoms with Crippen molar-refractivity contribution in [3.8, 4) is 0 Å². The van der Waals surface area contributed by atoms with Crippen molar-refractivity contribution in [2.24, 2.45) is 5.92 Å². The maximum absolute atomic E-state index is 2.39. The molecule has 2 atom stereocenters. The summed E-state index contributed by atoms with van der Waals surface area (Å²) in [6.45, 7) is 2.39. The topological polar surface area (TPSA) is 3.24 Å². The Morgan fingerprint density at radius 2 is 1.73 bits per heavy atom. The highest BCUT2D eigenvalue weighted by Crippen LogP contribution is 2.24. The largest absolute Gasteiger partial charge is 0.306 e. The Hall–Kier alpha value is -0.0400. The van der Waals surface area contributed by atoms with E-state index < -0.39 is 0 Å². The SMILES string of the molecule is CC1CCCCC(N(C)C)C1. The second-order valence-electron chi connectivity index (χ2n) is 4.24. The van der Waals surface area contributed by atoms with Gasteiger partial charge >= 0.3 is 0 Å². The zero-order chi connectivity index (χ0) is 8.27. The molecule has 0 radical (unpaired) electrons. The van der Waals surface area contributed by atoms with E-state index in [0.717, 1.165) is 12.0 Å². The summed E-state index contributed by atoms with van der Waals surface area (Å²) in [7, 11) is 4.42. The van der Waals surface area contributed by atoms with Gasteiger partial charge in [0.2, 0.25) is 0 Å². The van der Waals surface area contributed by atoms with Crippen LogP contribution in [-0.4, -0.2) is 25.0 Å². The van der Waals surface area contributed by atoms with E-state index in [1.165, 1.54) is 32.1 Å². The minimum Gasteiger partial charge on any atom is -0.306 e. The predicted molar refractivity (Wildman–Crippen MR) is 49.7 cm³/mol. The molecule has 0 heterocycles. The quantitative estimate of drug-likeness (QED) is 0.526. The molecule has 0 N–H and O–H groups in total. The van der Waals surface area contributed by atoms with Gasteiger partial charge in [-0.2, -0.15) is 0 Å². The van der Waals surface area contributed by atoms with Crippen LogP contribution in [0.5, 0.6) is 0 Å². The number of rotatable bonds is 1. The molecule has 1 saturated carbocycles. The molecule has 1 heteroatoms. The van der Waals surface area contributed by atoms with Crippen molar-refractivity contribution in [1.29, 1.82) is 0 Å². The number of hydrogen-bond acceptors (Lipinski definition) is 1. The molecule has 0 saturated heterocycles. The maximum Gasteiger partial charge on any atom is 0.00917 e. The van der Waals surface area contributed by atoms with E-state index in [1.807, 2.05) is 0 Å². The van der Waals surface area contributed by atoms with Gasteiger partial charge in [-0.25, -0.2) is 0 Å². The molecule has 0 spiro atoms. The van der Waals surface area contributed by atoms with Gasteiger partial charge in [0, 0.05) is 6.04 Å². The number of nitrogens with zero attached hydrogens (tertiary/aromatic N) is 1. The first-order valence-electron chi connectivity index (χ1n) is 4.86. The smallest absolute Gasteiger partial charge is 0.00917 e. The summed E-state index contributed by atoms with van der Waals surface area (Å²) in [5.41, 5.74) is 0. The van der Waals surface area contributed by atoms with E-state index in [2.05, 4.69) is 25.9 Å². The van der Waals surface area contributed by atoms with Gasteiger partial charge in [0.05, 0.1) is 0 Å². The van der Waals surface area contributed by atoms with Crippen LogP contribution in [0.2, 0.25) is 0 Å². The van der Waals surface area contributed by atoms with Gasteiger partial charge in [0.25, 0.3) is 0 Å². The van der Waals surface area contributed by atoms with Gasteiger partial charge in [-0.15, -0.1) is 0 Å². The Morgan fingerprint density at radius 3 is 2.36 bits per heavy atom. The molecule has 1 nitrogen and oxygen atoms in total. The highest BCUT2D eigenvalue weighted by atomic mass is 15.1. The summed E-state index contributed by atoms with van der Waals surface area (Å²) in [5, 5.41) is 0. The van der Waals surface area contributed by atoms with Gasteiger partial charge in [0.15, 0.2) is 0 Å². The van der Waals surface area contributed by atoms with Crippen LogP contribution in [0.1, 0.15) is 39.0 Å². The van der Waals surface area contributed by atoms with Crippen LogP contribution in [0.25, 0.3) is 0 Å². The van der Waals surface area contributed by atoms with Gasteiger partial charge in [-0.3, -0.25) is 0 Å². The second-order valence-corrected chi connectivity index (χ2v) is 4.24. The monoisotopic (exact) mass is 155 g/mol.